The highest BCUT2D eigenvalue weighted by atomic mass is 127. The summed E-state index contributed by atoms with van der Waals surface area (Å²) in [5.41, 5.74) is 1.03. The molecule has 1 aromatic heterocycles. The van der Waals surface area contributed by atoms with Gasteiger partial charge in [0.1, 0.15) is 5.75 Å². The monoisotopic (exact) mass is 446 g/mol. The number of aromatic nitrogens is 1. The zero-order valence-electron chi connectivity index (χ0n) is 11.4. The molecule has 1 N–H and O–H groups in total. The second-order valence-electron chi connectivity index (χ2n) is 4.71. The molecule has 20 heavy (non-hydrogen) atoms. The van der Waals surface area contributed by atoms with E-state index < -0.39 is 0 Å². The van der Waals surface area contributed by atoms with E-state index in [0.717, 1.165) is 25.9 Å². The summed E-state index contributed by atoms with van der Waals surface area (Å²) in [5.74, 6) is 1.45. The molecule has 0 saturated heterocycles. The summed E-state index contributed by atoms with van der Waals surface area (Å²) in [7, 11) is 0. The van der Waals surface area contributed by atoms with Crippen LogP contribution < -0.4 is 10.1 Å². The van der Waals surface area contributed by atoms with Gasteiger partial charge < -0.3 is 10.1 Å². The molecule has 0 spiro atoms. The van der Waals surface area contributed by atoms with E-state index in [1.54, 1.807) is 6.20 Å². The maximum absolute atomic E-state index is 5.90. The molecule has 0 aliphatic carbocycles. The van der Waals surface area contributed by atoms with Gasteiger partial charge in [-0.2, -0.15) is 0 Å². The van der Waals surface area contributed by atoms with Crippen LogP contribution in [0, 0.1) is 3.57 Å². The van der Waals surface area contributed by atoms with Crippen LogP contribution >= 0.6 is 38.5 Å². The van der Waals surface area contributed by atoms with E-state index in [4.69, 9.17) is 4.74 Å². The molecule has 0 radical (unpaired) electrons. The summed E-state index contributed by atoms with van der Waals surface area (Å²) in [6, 6.07) is 10.4. The third kappa shape index (κ3) is 4.71. The molecule has 0 atom stereocenters. The largest absolute Gasteiger partial charge is 0.439 e. The molecule has 1 aromatic carbocycles. The van der Waals surface area contributed by atoms with Crippen LogP contribution in [-0.4, -0.2) is 11.0 Å². The lowest BCUT2D eigenvalue weighted by molar-refractivity contribution is 0.449. The lowest BCUT2D eigenvalue weighted by atomic mass is 10.2. The van der Waals surface area contributed by atoms with Crippen molar-refractivity contribution in [3.05, 3.63) is 50.1 Å². The number of halogens is 2. The van der Waals surface area contributed by atoms with Crippen LogP contribution in [0.25, 0.3) is 0 Å². The van der Waals surface area contributed by atoms with Crippen molar-refractivity contribution in [2.75, 3.05) is 0 Å². The highest BCUT2D eigenvalue weighted by molar-refractivity contribution is 14.1. The molecular formula is C15H16BrIN2O. The lowest BCUT2D eigenvalue weighted by Gasteiger charge is -2.13. The minimum absolute atomic E-state index is 0.416. The normalized spacial score (nSPS) is 10.8. The minimum Gasteiger partial charge on any atom is -0.439 e. The first-order valence-electron chi connectivity index (χ1n) is 6.36. The quantitative estimate of drug-likeness (QED) is 0.673. The van der Waals surface area contributed by atoms with Gasteiger partial charge in [0.25, 0.3) is 0 Å². The van der Waals surface area contributed by atoms with Gasteiger partial charge in [-0.3, -0.25) is 0 Å². The van der Waals surface area contributed by atoms with Crippen molar-refractivity contribution in [2.24, 2.45) is 0 Å². The van der Waals surface area contributed by atoms with Crippen molar-refractivity contribution in [1.82, 2.24) is 10.3 Å². The fourth-order valence-electron chi connectivity index (χ4n) is 1.64. The number of hydrogen-bond acceptors (Lipinski definition) is 3. The Morgan fingerprint density at radius 2 is 2.15 bits per heavy atom. The Morgan fingerprint density at radius 3 is 2.85 bits per heavy atom. The Labute approximate surface area is 141 Å². The summed E-state index contributed by atoms with van der Waals surface area (Å²) < 4.78 is 7.99. The van der Waals surface area contributed by atoms with Crippen molar-refractivity contribution >= 4 is 38.5 Å². The third-order valence-corrected chi connectivity index (χ3v) is 3.71. The molecule has 1 heterocycles. The second kappa shape index (κ2) is 7.38. The summed E-state index contributed by atoms with van der Waals surface area (Å²) in [6.07, 6.45) is 1.75. The number of rotatable bonds is 5. The maximum Gasteiger partial charge on any atom is 0.223 e. The predicted molar refractivity (Wildman–Crippen MR) is 93.1 cm³/mol. The van der Waals surface area contributed by atoms with Crippen molar-refractivity contribution < 1.29 is 4.74 Å². The zero-order valence-corrected chi connectivity index (χ0v) is 15.1. The average Bonchev–Trinajstić information content (AvgIpc) is 2.39. The highest BCUT2D eigenvalue weighted by Crippen LogP contribution is 2.26. The molecule has 0 fully saturated rings. The fraction of sp³-hybridized carbons (Fsp3) is 0.267. The molecule has 0 bridgehead atoms. The second-order valence-corrected chi connectivity index (χ2v) is 6.87. The van der Waals surface area contributed by atoms with Crippen molar-refractivity contribution in [3.8, 4) is 11.6 Å². The van der Waals surface area contributed by atoms with Gasteiger partial charge in [0, 0.05) is 32.4 Å². The molecule has 106 valence electrons. The van der Waals surface area contributed by atoms with E-state index in [1.165, 1.54) is 0 Å². The van der Waals surface area contributed by atoms with Crippen LogP contribution in [0.15, 0.2) is 41.0 Å². The number of pyridine rings is 1. The first-order valence-corrected chi connectivity index (χ1v) is 8.23. The Bertz CT molecular complexity index is 590. The minimum atomic E-state index is 0.416. The van der Waals surface area contributed by atoms with Gasteiger partial charge in [-0.25, -0.2) is 4.98 Å². The molecule has 3 nitrogen and oxygen atoms in total. The standard InChI is InChI=1S/C15H16BrIN2O/c1-10(2)18-8-11-6-12(16)9-19-15(11)20-14-5-3-4-13(17)7-14/h3-7,9-10,18H,8H2,1-2H3. The summed E-state index contributed by atoms with van der Waals surface area (Å²) in [4.78, 5) is 4.37. The van der Waals surface area contributed by atoms with E-state index >= 15 is 0 Å². The van der Waals surface area contributed by atoms with Gasteiger partial charge in [-0.1, -0.05) is 19.9 Å². The van der Waals surface area contributed by atoms with E-state index in [1.807, 2.05) is 30.3 Å². The molecule has 0 amide bonds. The summed E-state index contributed by atoms with van der Waals surface area (Å²) in [5, 5.41) is 3.38. The van der Waals surface area contributed by atoms with Crippen LogP contribution in [0.4, 0.5) is 0 Å². The SMILES string of the molecule is CC(C)NCc1cc(Br)cnc1Oc1cccc(I)c1. The number of nitrogens with one attached hydrogen (secondary N) is 1. The summed E-state index contributed by atoms with van der Waals surface area (Å²) >= 11 is 5.72. The van der Waals surface area contributed by atoms with Crippen molar-refractivity contribution in [3.63, 3.8) is 0 Å². The first-order chi connectivity index (χ1) is 9.54. The molecule has 2 rings (SSSR count). The third-order valence-electron chi connectivity index (χ3n) is 2.60. The average molecular weight is 447 g/mol. The highest BCUT2D eigenvalue weighted by Gasteiger charge is 2.08. The fourth-order valence-corrected chi connectivity index (χ4v) is 2.54. The predicted octanol–water partition coefficient (Wildman–Crippen LogP) is 4.74. The lowest BCUT2D eigenvalue weighted by Crippen LogP contribution is -2.22. The van der Waals surface area contributed by atoms with Gasteiger partial charge in [0.15, 0.2) is 0 Å². The van der Waals surface area contributed by atoms with Gasteiger partial charge in [-0.05, 0) is 62.8 Å². The van der Waals surface area contributed by atoms with Crippen molar-refractivity contribution in [1.29, 1.82) is 0 Å². The van der Waals surface area contributed by atoms with E-state index in [0.29, 0.717) is 11.9 Å². The van der Waals surface area contributed by atoms with Crippen LogP contribution in [0.5, 0.6) is 11.6 Å². The molecule has 0 aliphatic heterocycles. The number of ether oxygens (including phenoxy) is 1. The maximum atomic E-state index is 5.90. The first kappa shape index (κ1) is 15.7. The van der Waals surface area contributed by atoms with Crippen molar-refractivity contribution in [2.45, 2.75) is 26.4 Å². The molecule has 0 aliphatic rings. The molecule has 2 aromatic rings. The Balaban J connectivity index is 2.21. The van der Waals surface area contributed by atoms with Gasteiger partial charge in [-0.15, -0.1) is 0 Å². The zero-order chi connectivity index (χ0) is 14.5. The van der Waals surface area contributed by atoms with Crippen LogP contribution in [0.1, 0.15) is 19.4 Å². The smallest absolute Gasteiger partial charge is 0.223 e. The van der Waals surface area contributed by atoms with Gasteiger partial charge in [0.2, 0.25) is 5.88 Å². The van der Waals surface area contributed by atoms with Crippen LogP contribution in [0.3, 0.4) is 0 Å². The van der Waals surface area contributed by atoms with Crippen LogP contribution in [0.2, 0.25) is 0 Å². The Kier molecular flexibility index (Phi) is 5.80. The molecule has 0 saturated carbocycles. The molecular weight excluding hydrogens is 431 g/mol. The van der Waals surface area contributed by atoms with E-state index in [2.05, 4.69) is 62.7 Å². The Hall–Kier alpha value is -0.660. The molecule has 5 heteroatoms. The topological polar surface area (TPSA) is 34.2 Å². The van der Waals surface area contributed by atoms with Crippen LogP contribution in [-0.2, 0) is 6.54 Å². The van der Waals surface area contributed by atoms with E-state index in [-0.39, 0.29) is 0 Å². The molecule has 0 unspecified atom stereocenters. The Morgan fingerprint density at radius 1 is 1.35 bits per heavy atom. The van der Waals surface area contributed by atoms with Gasteiger partial charge in [0.05, 0.1) is 0 Å². The van der Waals surface area contributed by atoms with E-state index in [9.17, 15) is 0 Å². The number of hydrogen-bond donors (Lipinski definition) is 1. The number of benzene rings is 1. The van der Waals surface area contributed by atoms with Gasteiger partial charge >= 0.3 is 0 Å². The number of nitrogens with zero attached hydrogens (tertiary/aromatic N) is 1. The summed E-state index contributed by atoms with van der Waals surface area (Å²) in [6.45, 7) is 4.96.